The van der Waals surface area contributed by atoms with Gasteiger partial charge in [0.25, 0.3) is 0 Å². The molecule has 0 aliphatic heterocycles. The summed E-state index contributed by atoms with van der Waals surface area (Å²) in [7, 11) is 1.49. The normalized spacial score (nSPS) is 9.00. The lowest BCUT2D eigenvalue weighted by atomic mass is 10.1. The van der Waals surface area contributed by atoms with E-state index >= 15 is 0 Å². The van der Waals surface area contributed by atoms with E-state index in [1.54, 1.807) is 12.1 Å². The molecule has 1 aromatic rings. The van der Waals surface area contributed by atoms with Crippen molar-refractivity contribution in [1.29, 1.82) is 5.26 Å². The van der Waals surface area contributed by atoms with Crippen molar-refractivity contribution in [3.8, 4) is 11.8 Å². The quantitative estimate of drug-likeness (QED) is 0.643. The van der Waals surface area contributed by atoms with E-state index in [0.29, 0.717) is 16.9 Å². The molecule has 0 aliphatic rings. The maximum absolute atomic E-state index is 11.1. The van der Waals surface area contributed by atoms with Crippen molar-refractivity contribution >= 4 is 5.78 Å². The fourth-order valence-corrected chi connectivity index (χ4v) is 1.05. The lowest BCUT2D eigenvalue weighted by Crippen LogP contribution is -1.97. The fraction of sp³-hybridized carbons (Fsp3) is 0.200. The first-order chi connectivity index (χ1) is 6.19. The first-order valence-electron chi connectivity index (χ1n) is 3.78. The van der Waals surface area contributed by atoms with Gasteiger partial charge in [-0.25, -0.2) is 0 Å². The van der Waals surface area contributed by atoms with E-state index in [1.165, 1.54) is 20.1 Å². The zero-order chi connectivity index (χ0) is 9.84. The van der Waals surface area contributed by atoms with Gasteiger partial charge in [-0.15, -0.1) is 0 Å². The third kappa shape index (κ3) is 1.85. The Hall–Kier alpha value is -1.82. The third-order valence-corrected chi connectivity index (χ3v) is 1.71. The smallest absolute Gasteiger partial charge is 0.163 e. The van der Waals surface area contributed by atoms with E-state index in [4.69, 9.17) is 10.00 Å². The number of rotatable bonds is 2. The number of carbonyl (C=O) groups excluding carboxylic acids is 1. The molecule has 0 heterocycles. The Kier molecular flexibility index (Phi) is 2.65. The van der Waals surface area contributed by atoms with Gasteiger partial charge in [-0.3, -0.25) is 4.79 Å². The van der Waals surface area contributed by atoms with Gasteiger partial charge in [0.2, 0.25) is 0 Å². The molecule has 1 rings (SSSR count). The molecule has 13 heavy (non-hydrogen) atoms. The van der Waals surface area contributed by atoms with Crippen molar-refractivity contribution in [1.82, 2.24) is 0 Å². The van der Waals surface area contributed by atoms with Gasteiger partial charge in [-0.05, 0) is 25.1 Å². The number of ether oxygens (including phenoxy) is 1. The first-order valence-corrected chi connectivity index (χ1v) is 3.78. The van der Waals surface area contributed by atoms with Crippen molar-refractivity contribution in [2.75, 3.05) is 7.11 Å². The summed E-state index contributed by atoms with van der Waals surface area (Å²) in [5.41, 5.74) is 0.910. The lowest BCUT2D eigenvalue weighted by molar-refractivity contribution is 0.101. The van der Waals surface area contributed by atoms with E-state index in [0.717, 1.165) is 0 Å². The summed E-state index contributed by atoms with van der Waals surface area (Å²) in [4.78, 5) is 11.1. The van der Waals surface area contributed by atoms with Gasteiger partial charge in [-0.2, -0.15) is 5.26 Å². The fourth-order valence-electron chi connectivity index (χ4n) is 1.05. The molecule has 1 aromatic carbocycles. The van der Waals surface area contributed by atoms with E-state index in [9.17, 15) is 4.79 Å². The number of methoxy groups -OCH3 is 1. The van der Waals surface area contributed by atoms with Gasteiger partial charge in [0.1, 0.15) is 5.75 Å². The zero-order valence-corrected chi connectivity index (χ0v) is 7.50. The van der Waals surface area contributed by atoms with Crippen LogP contribution in [0, 0.1) is 11.3 Å². The van der Waals surface area contributed by atoms with Gasteiger partial charge in [0.05, 0.1) is 24.3 Å². The van der Waals surface area contributed by atoms with E-state index in [2.05, 4.69) is 0 Å². The molecule has 3 heteroatoms. The number of ketones is 1. The summed E-state index contributed by atoms with van der Waals surface area (Å²) >= 11 is 0. The van der Waals surface area contributed by atoms with Crippen molar-refractivity contribution < 1.29 is 9.53 Å². The lowest BCUT2D eigenvalue weighted by Gasteiger charge is -2.04. The van der Waals surface area contributed by atoms with Gasteiger partial charge < -0.3 is 4.74 Å². The maximum Gasteiger partial charge on any atom is 0.163 e. The molecular formula is C10H9NO2. The van der Waals surface area contributed by atoms with Crippen LogP contribution in [0.1, 0.15) is 22.8 Å². The van der Waals surface area contributed by atoms with Crippen LogP contribution in [0.4, 0.5) is 0 Å². The second-order valence-corrected chi connectivity index (χ2v) is 2.58. The Labute approximate surface area is 76.6 Å². The Bertz CT molecular complexity index is 377. The molecule has 66 valence electrons. The molecule has 0 aromatic heterocycles. The topological polar surface area (TPSA) is 50.1 Å². The minimum atomic E-state index is -0.103. The predicted molar refractivity (Wildman–Crippen MR) is 47.7 cm³/mol. The van der Waals surface area contributed by atoms with Gasteiger partial charge >= 0.3 is 0 Å². The van der Waals surface area contributed by atoms with Gasteiger partial charge in [-0.1, -0.05) is 0 Å². The molecule has 3 nitrogen and oxygen atoms in total. The second kappa shape index (κ2) is 3.72. The number of carbonyl (C=O) groups is 1. The molecular weight excluding hydrogens is 166 g/mol. The highest BCUT2D eigenvalue weighted by Crippen LogP contribution is 2.19. The SMILES string of the molecule is COc1ccc(C#N)cc1C(C)=O. The van der Waals surface area contributed by atoms with E-state index in [1.807, 2.05) is 6.07 Å². The molecule has 0 radical (unpaired) electrons. The Morgan fingerprint density at radius 3 is 2.69 bits per heavy atom. The molecule has 0 fully saturated rings. The van der Waals surface area contributed by atoms with Gasteiger partial charge in [0.15, 0.2) is 5.78 Å². The molecule has 0 atom stereocenters. The van der Waals surface area contributed by atoms with E-state index in [-0.39, 0.29) is 5.78 Å². The molecule has 0 spiro atoms. The summed E-state index contributed by atoms with van der Waals surface area (Å²) in [6, 6.07) is 6.73. The predicted octanol–water partition coefficient (Wildman–Crippen LogP) is 1.77. The molecule has 0 saturated heterocycles. The largest absolute Gasteiger partial charge is 0.496 e. The Balaban J connectivity index is 3.28. The van der Waals surface area contributed by atoms with E-state index < -0.39 is 0 Å². The van der Waals surface area contributed by atoms with Gasteiger partial charge in [0, 0.05) is 0 Å². The van der Waals surface area contributed by atoms with Crippen LogP contribution in [0.5, 0.6) is 5.75 Å². The van der Waals surface area contributed by atoms with Crippen molar-refractivity contribution in [3.05, 3.63) is 29.3 Å². The summed E-state index contributed by atoms with van der Waals surface area (Å²) in [5.74, 6) is 0.403. The zero-order valence-electron chi connectivity index (χ0n) is 7.50. The Morgan fingerprint density at radius 2 is 2.23 bits per heavy atom. The van der Waals surface area contributed by atoms with Crippen molar-refractivity contribution in [2.24, 2.45) is 0 Å². The standard InChI is InChI=1S/C10H9NO2/c1-7(12)9-5-8(6-11)3-4-10(9)13-2/h3-5H,1-2H3. The molecule has 0 bridgehead atoms. The average Bonchev–Trinajstić information content (AvgIpc) is 2.16. The first kappa shape index (κ1) is 9.27. The monoisotopic (exact) mass is 175 g/mol. The van der Waals surface area contributed by atoms with Crippen LogP contribution in [0.3, 0.4) is 0 Å². The molecule has 0 amide bonds. The molecule has 0 N–H and O–H groups in total. The minimum absolute atomic E-state index is 0.103. The summed E-state index contributed by atoms with van der Waals surface area (Å²) in [6.45, 7) is 1.44. The number of Topliss-reactive ketones (excluding diaryl/α,β-unsaturated/α-hetero) is 1. The minimum Gasteiger partial charge on any atom is -0.496 e. The number of nitrogens with zero attached hydrogens (tertiary/aromatic N) is 1. The summed E-state index contributed by atoms with van der Waals surface area (Å²) in [6.07, 6.45) is 0. The Morgan fingerprint density at radius 1 is 1.54 bits per heavy atom. The number of nitriles is 1. The van der Waals surface area contributed by atoms with Crippen LogP contribution < -0.4 is 4.74 Å². The number of hydrogen-bond acceptors (Lipinski definition) is 3. The van der Waals surface area contributed by atoms with Crippen molar-refractivity contribution in [2.45, 2.75) is 6.92 Å². The van der Waals surface area contributed by atoms with Crippen molar-refractivity contribution in [3.63, 3.8) is 0 Å². The van der Waals surface area contributed by atoms with Crippen LogP contribution in [0.25, 0.3) is 0 Å². The van der Waals surface area contributed by atoms with Crippen LogP contribution in [0.15, 0.2) is 18.2 Å². The van der Waals surface area contributed by atoms with Crippen LogP contribution >= 0.6 is 0 Å². The van der Waals surface area contributed by atoms with Crippen LogP contribution in [0.2, 0.25) is 0 Å². The molecule has 0 aliphatic carbocycles. The van der Waals surface area contributed by atoms with Crippen LogP contribution in [-0.4, -0.2) is 12.9 Å². The molecule has 0 saturated carbocycles. The van der Waals surface area contributed by atoms with Crippen LogP contribution in [-0.2, 0) is 0 Å². The number of benzene rings is 1. The molecule has 0 unspecified atom stereocenters. The highest BCUT2D eigenvalue weighted by atomic mass is 16.5. The third-order valence-electron chi connectivity index (χ3n) is 1.71. The number of hydrogen-bond donors (Lipinski definition) is 0. The maximum atomic E-state index is 11.1. The summed E-state index contributed by atoms with van der Waals surface area (Å²) < 4.78 is 4.98. The highest BCUT2D eigenvalue weighted by molar-refractivity contribution is 5.97. The average molecular weight is 175 g/mol. The second-order valence-electron chi connectivity index (χ2n) is 2.58. The summed E-state index contributed by atoms with van der Waals surface area (Å²) in [5, 5.41) is 8.61. The highest BCUT2D eigenvalue weighted by Gasteiger charge is 2.07.